The van der Waals surface area contributed by atoms with E-state index in [2.05, 4.69) is 9.71 Å². The maximum Gasteiger partial charge on any atom is 0.322 e. The monoisotopic (exact) mass is 246 g/mol. The van der Waals surface area contributed by atoms with Crippen LogP contribution in [0.5, 0.6) is 0 Å². The Hall–Kier alpha value is -1.34. The van der Waals surface area contributed by atoms with E-state index in [4.69, 9.17) is 5.11 Å². The normalized spacial score (nSPS) is 13.9. The molecule has 1 rings (SSSR count). The Labute approximate surface area is 93.7 Å². The van der Waals surface area contributed by atoms with Crippen LogP contribution in [0.2, 0.25) is 0 Å². The van der Waals surface area contributed by atoms with Gasteiger partial charge in [-0.1, -0.05) is 13.8 Å². The molecule has 0 aliphatic rings. The second-order valence-corrected chi connectivity index (χ2v) is 5.44. The standard InChI is InChI=1S/C9H14N2O4S/c1-6(2)8(9(12)13)11-16(14,15)7-3-4-10-5-7/h3-6,8,10-11H,1-2H3,(H,12,13)/t8-/m0/s1. The third-order valence-electron chi connectivity index (χ3n) is 2.09. The van der Waals surface area contributed by atoms with Gasteiger partial charge in [0.15, 0.2) is 0 Å². The van der Waals surface area contributed by atoms with Crippen molar-refractivity contribution in [3.05, 3.63) is 18.5 Å². The average molecular weight is 246 g/mol. The summed E-state index contributed by atoms with van der Waals surface area (Å²) >= 11 is 0. The summed E-state index contributed by atoms with van der Waals surface area (Å²) in [6.45, 7) is 3.27. The maximum absolute atomic E-state index is 11.7. The summed E-state index contributed by atoms with van der Waals surface area (Å²) in [5.41, 5.74) is 0. The zero-order valence-electron chi connectivity index (χ0n) is 8.97. The minimum absolute atomic E-state index is 0.0272. The van der Waals surface area contributed by atoms with Crippen molar-refractivity contribution in [3.8, 4) is 0 Å². The predicted molar refractivity (Wildman–Crippen MR) is 57.4 cm³/mol. The smallest absolute Gasteiger partial charge is 0.322 e. The lowest BCUT2D eigenvalue weighted by atomic mass is 10.1. The molecule has 1 atom stereocenters. The molecule has 1 heterocycles. The molecule has 6 nitrogen and oxygen atoms in total. The molecule has 7 heteroatoms. The average Bonchev–Trinajstić information content (AvgIpc) is 2.66. The van der Waals surface area contributed by atoms with Gasteiger partial charge in [0.1, 0.15) is 6.04 Å². The van der Waals surface area contributed by atoms with E-state index >= 15 is 0 Å². The van der Waals surface area contributed by atoms with Crippen molar-refractivity contribution in [2.75, 3.05) is 0 Å². The Morgan fingerprint density at radius 1 is 1.50 bits per heavy atom. The number of aromatic amines is 1. The van der Waals surface area contributed by atoms with E-state index in [1.165, 1.54) is 18.5 Å². The van der Waals surface area contributed by atoms with Gasteiger partial charge in [-0.25, -0.2) is 8.42 Å². The number of aromatic nitrogens is 1. The zero-order valence-corrected chi connectivity index (χ0v) is 9.78. The number of H-pyrrole nitrogens is 1. The van der Waals surface area contributed by atoms with E-state index in [-0.39, 0.29) is 10.8 Å². The highest BCUT2D eigenvalue weighted by Crippen LogP contribution is 2.10. The fourth-order valence-electron chi connectivity index (χ4n) is 1.18. The Morgan fingerprint density at radius 2 is 2.12 bits per heavy atom. The van der Waals surface area contributed by atoms with Crippen molar-refractivity contribution in [2.45, 2.75) is 24.8 Å². The summed E-state index contributed by atoms with van der Waals surface area (Å²) in [6, 6.07) is 0.238. The van der Waals surface area contributed by atoms with Gasteiger partial charge in [0, 0.05) is 12.4 Å². The molecule has 1 aromatic heterocycles. The van der Waals surface area contributed by atoms with Crippen molar-refractivity contribution in [3.63, 3.8) is 0 Å². The number of rotatable bonds is 5. The van der Waals surface area contributed by atoms with Crippen LogP contribution in [0.1, 0.15) is 13.8 Å². The fraction of sp³-hybridized carbons (Fsp3) is 0.444. The predicted octanol–water partition coefficient (Wildman–Crippen LogP) is 0.402. The van der Waals surface area contributed by atoms with Crippen LogP contribution in [0, 0.1) is 5.92 Å². The number of nitrogens with one attached hydrogen (secondary N) is 2. The Bertz CT molecular complexity index is 450. The molecule has 0 aliphatic carbocycles. The van der Waals surface area contributed by atoms with Crippen LogP contribution >= 0.6 is 0 Å². The van der Waals surface area contributed by atoms with Gasteiger partial charge < -0.3 is 10.1 Å². The molecule has 0 amide bonds. The minimum Gasteiger partial charge on any atom is -0.480 e. The molecule has 90 valence electrons. The highest BCUT2D eigenvalue weighted by Gasteiger charge is 2.27. The van der Waals surface area contributed by atoms with Gasteiger partial charge in [0.2, 0.25) is 10.0 Å². The number of hydrogen-bond donors (Lipinski definition) is 3. The first-order valence-electron chi connectivity index (χ1n) is 4.72. The molecule has 16 heavy (non-hydrogen) atoms. The SMILES string of the molecule is CC(C)[C@H](NS(=O)(=O)c1cc[nH]c1)C(=O)O. The van der Waals surface area contributed by atoms with Gasteiger partial charge in [0.25, 0.3) is 0 Å². The van der Waals surface area contributed by atoms with E-state index in [9.17, 15) is 13.2 Å². The minimum atomic E-state index is -3.77. The van der Waals surface area contributed by atoms with Gasteiger partial charge in [0.05, 0.1) is 4.90 Å². The largest absolute Gasteiger partial charge is 0.480 e. The summed E-state index contributed by atoms with van der Waals surface area (Å²) in [5.74, 6) is -1.51. The summed E-state index contributed by atoms with van der Waals surface area (Å²) in [7, 11) is -3.77. The molecule has 0 spiro atoms. The quantitative estimate of drug-likeness (QED) is 0.700. The van der Waals surface area contributed by atoms with Gasteiger partial charge >= 0.3 is 5.97 Å². The number of carbonyl (C=O) groups is 1. The van der Waals surface area contributed by atoms with Gasteiger partial charge in [-0.15, -0.1) is 0 Å². The van der Waals surface area contributed by atoms with E-state index < -0.39 is 22.0 Å². The van der Waals surface area contributed by atoms with Crippen LogP contribution in [0.3, 0.4) is 0 Å². The summed E-state index contributed by atoms with van der Waals surface area (Å²) in [4.78, 5) is 13.5. The van der Waals surface area contributed by atoms with Crippen LogP contribution < -0.4 is 4.72 Å². The lowest BCUT2D eigenvalue weighted by Crippen LogP contribution is -2.44. The number of carboxylic acids is 1. The third kappa shape index (κ3) is 2.83. The van der Waals surface area contributed by atoms with E-state index in [1.54, 1.807) is 13.8 Å². The van der Waals surface area contributed by atoms with E-state index in [0.29, 0.717) is 0 Å². The Balaban J connectivity index is 2.92. The van der Waals surface area contributed by atoms with Crippen molar-refractivity contribution >= 4 is 16.0 Å². The molecule has 0 aliphatic heterocycles. The Kier molecular flexibility index (Phi) is 3.71. The highest BCUT2D eigenvalue weighted by molar-refractivity contribution is 7.89. The number of sulfonamides is 1. The molecule has 0 unspecified atom stereocenters. The molecule has 0 saturated carbocycles. The van der Waals surface area contributed by atoms with Crippen molar-refractivity contribution in [2.24, 2.45) is 5.92 Å². The molecule has 3 N–H and O–H groups in total. The first-order chi connectivity index (χ1) is 7.34. The number of carboxylic acid groups (broad SMARTS) is 1. The lowest BCUT2D eigenvalue weighted by molar-refractivity contribution is -0.140. The topological polar surface area (TPSA) is 99.3 Å². The molecular weight excluding hydrogens is 232 g/mol. The Morgan fingerprint density at radius 3 is 2.50 bits per heavy atom. The highest BCUT2D eigenvalue weighted by atomic mass is 32.2. The third-order valence-corrected chi connectivity index (χ3v) is 3.53. The van der Waals surface area contributed by atoms with Crippen LogP contribution in [0.15, 0.2) is 23.4 Å². The summed E-state index contributed by atoms with van der Waals surface area (Å²) < 4.78 is 25.6. The molecule has 0 fully saturated rings. The van der Waals surface area contributed by atoms with Crippen LogP contribution in [0.25, 0.3) is 0 Å². The van der Waals surface area contributed by atoms with Crippen LogP contribution in [-0.4, -0.2) is 30.5 Å². The molecular formula is C9H14N2O4S. The molecule has 0 saturated heterocycles. The van der Waals surface area contributed by atoms with Crippen LogP contribution in [-0.2, 0) is 14.8 Å². The summed E-state index contributed by atoms with van der Waals surface area (Å²) in [6.07, 6.45) is 2.75. The lowest BCUT2D eigenvalue weighted by Gasteiger charge is -2.17. The molecule has 0 bridgehead atoms. The van der Waals surface area contributed by atoms with Gasteiger partial charge in [-0.2, -0.15) is 4.72 Å². The van der Waals surface area contributed by atoms with Gasteiger partial charge in [-0.3, -0.25) is 4.79 Å². The van der Waals surface area contributed by atoms with Gasteiger partial charge in [-0.05, 0) is 12.0 Å². The fourth-order valence-corrected chi connectivity index (χ4v) is 2.50. The maximum atomic E-state index is 11.7. The number of aliphatic carboxylic acids is 1. The molecule has 0 radical (unpaired) electrons. The van der Waals surface area contributed by atoms with Crippen molar-refractivity contribution in [1.82, 2.24) is 9.71 Å². The second-order valence-electron chi connectivity index (χ2n) is 3.73. The van der Waals surface area contributed by atoms with Crippen molar-refractivity contribution in [1.29, 1.82) is 0 Å². The first-order valence-corrected chi connectivity index (χ1v) is 6.21. The van der Waals surface area contributed by atoms with Crippen LogP contribution in [0.4, 0.5) is 0 Å². The second kappa shape index (κ2) is 4.67. The number of hydrogen-bond acceptors (Lipinski definition) is 3. The molecule has 1 aromatic rings. The van der Waals surface area contributed by atoms with E-state index in [1.807, 2.05) is 0 Å². The van der Waals surface area contributed by atoms with Crippen molar-refractivity contribution < 1.29 is 18.3 Å². The molecule has 0 aromatic carbocycles. The zero-order chi connectivity index (χ0) is 12.3. The first kappa shape index (κ1) is 12.7. The van der Waals surface area contributed by atoms with E-state index in [0.717, 1.165) is 0 Å². The summed E-state index contributed by atoms with van der Waals surface area (Å²) in [5, 5.41) is 8.87.